The van der Waals surface area contributed by atoms with Gasteiger partial charge in [0, 0.05) is 23.1 Å². The van der Waals surface area contributed by atoms with Crippen LogP contribution in [0, 0.1) is 6.92 Å². The predicted octanol–water partition coefficient (Wildman–Crippen LogP) is 6.31. The van der Waals surface area contributed by atoms with Crippen molar-refractivity contribution in [3.05, 3.63) is 100 Å². The fourth-order valence-electron chi connectivity index (χ4n) is 4.30. The maximum Gasteiger partial charge on any atom is 0.322 e. The Morgan fingerprint density at radius 2 is 1.77 bits per heavy atom. The molecule has 0 saturated carbocycles. The first-order valence-corrected chi connectivity index (χ1v) is 10.5. The van der Waals surface area contributed by atoms with Crippen molar-refractivity contribution in [2.45, 2.75) is 19.4 Å². The Balaban J connectivity index is 1.59. The lowest BCUT2D eigenvalue weighted by molar-refractivity contribution is 0.193. The number of aryl methyl sites for hydroxylation is 1. The van der Waals surface area contributed by atoms with Gasteiger partial charge >= 0.3 is 6.03 Å². The van der Waals surface area contributed by atoms with Crippen LogP contribution in [0.3, 0.4) is 0 Å². The molecule has 0 radical (unpaired) electrons. The average Bonchev–Trinajstić information content (AvgIpc) is 3.14. The van der Waals surface area contributed by atoms with E-state index in [9.17, 15) is 4.79 Å². The van der Waals surface area contributed by atoms with Gasteiger partial charge in [-0.25, -0.2) is 4.79 Å². The molecule has 1 aromatic heterocycles. The minimum absolute atomic E-state index is 0.155. The number of nitrogens with one attached hydrogen (secondary N) is 2. The van der Waals surface area contributed by atoms with Gasteiger partial charge in [0.2, 0.25) is 0 Å². The molecular weight excluding hydrogens is 394 g/mol. The lowest BCUT2D eigenvalue weighted by atomic mass is 9.92. The molecule has 150 valence electrons. The third-order valence-electron chi connectivity index (χ3n) is 5.80. The first kappa shape index (κ1) is 18.8. The molecule has 5 heteroatoms. The zero-order valence-electron chi connectivity index (χ0n) is 16.7. The maximum atomic E-state index is 13.3. The standard InChI is InChI=1S/C25H22ClN3O/c1-16-10-12-17(13-11-16)24-23-19(18-6-2-4-8-21(18)27-23)14-15-29(24)25(30)28-22-9-5-3-7-20(22)26/h2-13,24,27H,14-15H2,1H3,(H,28,30). The van der Waals surface area contributed by atoms with E-state index in [4.69, 9.17) is 11.6 Å². The molecular formula is C25H22ClN3O. The van der Waals surface area contributed by atoms with Gasteiger partial charge in [-0.1, -0.05) is 71.8 Å². The zero-order valence-corrected chi connectivity index (χ0v) is 17.4. The van der Waals surface area contributed by atoms with Crippen LogP contribution < -0.4 is 5.32 Å². The molecule has 0 fully saturated rings. The molecule has 4 nitrogen and oxygen atoms in total. The van der Waals surface area contributed by atoms with Crippen LogP contribution in [0.2, 0.25) is 5.02 Å². The molecule has 2 N–H and O–H groups in total. The predicted molar refractivity (Wildman–Crippen MR) is 122 cm³/mol. The van der Waals surface area contributed by atoms with Gasteiger partial charge in [-0.3, -0.25) is 0 Å². The molecule has 0 bridgehead atoms. The molecule has 0 aliphatic carbocycles. The molecule has 30 heavy (non-hydrogen) atoms. The summed E-state index contributed by atoms with van der Waals surface area (Å²) in [6.07, 6.45) is 0.803. The molecule has 2 amide bonds. The van der Waals surface area contributed by atoms with Gasteiger partial charge in [-0.2, -0.15) is 0 Å². The number of fused-ring (bicyclic) bond motifs is 3. The second kappa shape index (κ2) is 7.54. The van der Waals surface area contributed by atoms with Crippen LogP contribution in [-0.4, -0.2) is 22.5 Å². The third kappa shape index (κ3) is 3.23. The van der Waals surface area contributed by atoms with Gasteiger partial charge in [-0.15, -0.1) is 0 Å². The highest BCUT2D eigenvalue weighted by Gasteiger charge is 2.34. The molecule has 4 aromatic rings. The van der Waals surface area contributed by atoms with E-state index in [2.05, 4.69) is 59.7 Å². The number of halogens is 1. The molecule has 3 aromatic carbocycles. The minimum atomic E-state index is -0.191. The number of carbonyl (C=O) groups is 1. The monoisotopic (exact) mass is 415 g/mol. The number of anilines is 1. The largest absolute Gasteiger partial charge is 0.356 e. The number of amides is 2. The van der Waals surface area contributed by atoms with Crippen LogP contribution in [0.15, 0.2) is 72.8 Å². The van der Waals surface area contributed by atoms with Crippen molar-refractivity contribution >= 4 is 34.2 Å². The SMILES string of the molecule is Cc1ccc(C2c3[nH]c4ccccc4c3CCN2C(=O)Nc2ccccc2Cl)cc1. The quantitative estimate of drug-likeness (QED) is 0.396. The fraction of sp³-hybridized carbons (Fsp3) is 0.160. The molecule has 0 spiro atoms. The van der Waals surface area contributed by atoms with Crippen LogP contribution in [0.5, 0.6) is 0 Å². The summed E-state index contributed by atoms with van der Waals surface area (Å²) in [5, 5.41) is 4.76. The molecule has 1 aliphatic heterocycles. The number of benzene rings is 3. The minimum Gasteiger partial charge on any atom is -0.356 e. The van der Waals surface area contributed by atoms with Gasteiger partial charge in [0.25, 0.3) is 0 Å². The number of aromatic nitrogens is 1. The van der Waals surface area contributed by atoms with Crippen LogP contribution >= 0.6 is 11.6 Å². The zero-order chi connectivity index (χ0) is 20.7. The highest BCUT2D eigenvalue weighted by Crippen LogP contribution is 2.39. The van der Waals surface area contributed by atoms with Crippen molar-refractivity contribution in [2.75, 3.05) is 11.9 Å². The third-order valence-corrected chi connectivity index (χ3v) is 6.13. The molecule has 1 atom stereocenters. The first-order valence-electron chi connectivity index (χ1n) is 10.1. The summed E-state index contributed by atoms with van der Waals surface area (Å²) in [5.41, 5.74) is 6.38. The number of urea groups is 1. The number of para-hydroxylation sites is 2. The normalized spacial score (nSPS) is 15.8. The van der Waals surface area contributed by atoms with Gasteiger partial charge in [0.05, 0.1) is 16.8 Å². The number of hydrogen-bond acceptors (Lipinski definition) is 1. The Bertz CT molecular complexity index is 1230. The molecule has 2 heterocycles. The van der Waals surface area contributed by atoms with E-state index in [1.807, 2.05) is 29.2 Å². The summed E-state index contributed by atoms with van der Waals surface area (Å²) < 4.78 is 0. The van der Waals surface area contributed by atoms with E-state index in [1.54, 1.807) is 6.07 Å². The van der Waals surface area contributed by atoms with Gasteiger partial charge in [0.15, 0.2) is 0 Å². The molecule has 0 saturated heterocycles. The van der Waals surface area contributed by atoms with Gasteiger partial charge in [0.1, 0.15) is 0 Å². The Labute approximate surface area is 180 Å². The summed E-state index contributed by atoms with van der Waals surface area (Å²) in [7, 11) is 0. The van der Waals surface area contributed by atoms with Crippen LogP contribution in [0.4, 0.5) is 10.5 Å². The number of H-pyrrole nitrogens is 1. The number of hydrogen-bond donors (Lipinski definition) is 2. The number of carbonyl (C=O) groups excluding carboxylic acids is 1. The van der Waals surface area contributed by atoms with Crippen molar-refractivity contribution in [2.24, 2.45) is 0 Å². The van der Waals surface area contributed by atoms with E-state index in [0.717, 1.165) is 23.2 Å². The Morgan fingerprint density at radius 1 is 1.03 bits per heavy atom. The first-order chi connectivity index (χ1) is 14.6. The summed E-state index contributed by atoms with van der Waals surface area (Å²) >= 11 is 6.27. The smallest absolute Gasteiger partial charge is 0.322 e. The second-order valence-electron chi connectivity index (χ2n) is 7.73. The highest BCUT2D eigenvalue weighted by molar-refractivity contribution is 6.33. The summed E-state index contributed by atoms with van der Waals surface area (Å²) in [4.78, 5) is 18.8. The maximum absolute atomic E-state index is 13.3. The van der Waals surface area contributed by atoms with Crippen molar-refractivity contribution in [3.8, 4) is 0 Å². The summed E-state index contributed by atoms with van der Waals surface area (Å²) in [5.74, 6) is 0. The summed E-state index contributed by atoms with van der Waals surface area (Å²) in [6, 6.07) is 23.7. The van der Waals surface area contributed by atoms with Crippen LogP contribution in [-0.2, 0) is 6.42 Å². The lowest BCUT2D eigenvalue weighted by Crippen LogP contribution is -2.43. The Hall–Kier alpha value is -3.24. The molecule has 1 aliphatic rings. The Morgan fingerprint density at radius 3 is 2.57 bits per heavy atom. The van der Waals surface area contributed by atoms with E-state index >= 15 is 0 Å². The average molecular weight is 416 g/mol. The van der Waals surface area contributed by atoms with Crippen molar-refractivity contribution < 1.29 is 4.79 Å². The number of nitrogens with zero attached hydrogens (tertiary/aromatic N) is 1. The molecule has 5 rings (SSSR count). The van der Waals surface area contributed by atoms with Gasteiger partial charge < -0.3 is 15.2 Å². The number of rotatable bonds is 2. The second-order valence-corrected chi connectivity index (χ2v) is 8.14. The van der Waals surface area contributed by atoms with E-state index < -0.39 is 0 Å². The van der Waals surface area contributed by atoms with Crippen molar-refractivity contribution in [1.29, 1.82) is 0 Å². The van der Waals surface area contributed by atoms with Crippen LogP contribution in [0.25, 0.3) is 10.9 Å². The number of aromatic amines is 1. The Kier molecular flexibility index (Phi) is 4.72. The molecule has 1 unspecified atom stereocenters. The van der Waals surface area contributed by atoms with Crippen molar-refractivity contribution in [3.63, 3.8) is 0 Å². The summed E-state index contributed by atoms with van der Waals surface area (Å²) in [6.45, 7) is 2.70. The lowest BCUT2D eigenvalue weighted by Gasteiger charge is -2.36. The van der Waals surface area contributed by atoms with Crippen molar-refractivity contribution in [1.82, 2.24) is 9.88 Å². The fourth-order valence-corrected chi connectivity index (χ4v) is 4.49. The highest BCUT2D eigenvalue weighted by atomic mass is 35.5. The van der Waals surface area contributed by atoms with E-state index in [-0.39, 0.29) is 12.1 Å². The van der Waals surface area contributed by atoms with E-state index in [1.165, 1.54) is 16.5 Å². The van der Waals surface area contributed by atoms with Crippen LogP contribution in [0.1, 0.15) is 28.4 Å². The topological polar surface area (TPSA) is 48.1 Å². The van der Waals surface area contributed by atoms with E-state index in [0.29, 0.717) is 17.3 Å². The van der Waals surface area contributed by atoms with Gasteiger partial charge in [-0.05, 0) is 42.7 Å².